The number of aromatic hydroxyl groups is 1. The average molecular weight is 456 g/mol. The van der Waals surface area contributed by atoms with Gasteiger partial charge in [0.1, 0.15) is 0 Å². The number of hydrogen-bond donors (Lipinski definition) is 2. The largest absolute Gasteiger partial charge is 0.504 e. The van der Waals surface area contributed by atoms with Gasteiger partial charge in [0.2, 0.25) is 0 Å². The van der Waals surface area contributed by atoms with E-state index >= 15 is 0 Å². The Balaban J connectivity index is 1.69. The second-order valence-electron chi connectivity index (χ2n) is 5.43. The molecule has 0 fully saturated rings. The van der Waals surface area contributed by atoms with E-state index in [1.165, 1.54) is 12.1 Å². The molecule has 2 aromatic carbocycles. The van der Waals surface area contributed by atoms with Gasteiger partial charge in [-0.2, -0.15) is 8.78 Å². The molecule has 1 aliphatic heterocycles. The van der Waals surface area contributed by atoms with E-state index in [1.54, 1.807) is 6.07 Å². The molecule has 0 spiro atoms. The minimum atomic E-state index is -2.96. The first kappa shape index (κ1) is 17.7. The Morgan fingerprint density at radius 2 is 2.12 bits per heavy atom. The molecule has 0 radical (unpaired) electrons. The van der Waals surface area contributed by atoms with Crippen molar-refractivity contribution < 1.29 is 18.6 Å². The Morgan fingerprint density at radius 1 is 1.28 bits per heavy atom. The molecular weight excluding hydrogens is 441 g/mol. The van der Waals surface area contributed by atoms with Gasteiger partial charge in [-0.05, 0) is 69.1 Å². The van der Waals surface area contributed by atoms with Crippen molar-refractivity contribution in [2.24, 2.45) is 4.99 Å². The van der Waals surface area contributed by atoms with Crippen LogP contribution in [0.4, 0.5) is 8.78 Å². The lowest BCUT2D eigenvalue weighted by Gasteiger charge is -2.15. The summed E-state index contributed by atoms with van der Waals surface area (Å²) in [6.45, 7) is -1.93. The van der Waals surface area contributed by atoms with Crippen LogP contribution in [0.15, 0.2) is 47.6 Å². The highest BCUT2D eigenvalue weighted by Gasteiger charge is 2.12. The Morgan fingerprint density at radius 3 is 2.88 bits per heavy atom. The van der Waals surface area contributed by atoms with Gasteiger partial charge in [-0.1, -0.05) is 12.1 Å². The number of nitrogens with one attached hydrogen (secondary N) is 1. The molecule has 0 saturated carbocycles. The number of phenols is 1. The van der Waals surface area contributed by atoms with E-state index in [2.05, 4.69) is 43.7 Å². The minimum absolute atomic E-state index is 0.234. The number of fused-ring (bicyclic) bond motifs is 1. The van der Waals surface area contributed by atoms with Crippen LogP contribution < -0.4 is 10.1 Å². The second-order valence-corrected chi connectivity index (χ2v) is 6.68. The minimum Gasteiger partial charge on any atom is -0.504 e. The highest BCUT2D eigenvalue weighted by atomic mass is 127. The van der Waals surface area contributed by atoms with Crippen molar-refractivity contribution in [2.45, 2.75) is 13.2 Å². The third kappa shape index (κ3) is 4.47. The van der Waals surface area contributed by atoms with Crippen molar-refractivity contribution in [2.75, 3.05) is 6.54 Å². The summed E-state index contributed by atoms with van der Waals surface area (Å²) >= 11 is 2.27. The Hall–Kier alpha value is -2.16. The van der Waals surface area contributed by atoms with Crippen molar-refractivity contribution in [3.05, 3.63) is 62.9 Å². The highest BCUT2D eigenvalue weighted by Crippen LogP contribution is 2.28. The average Bonchev–Trinajstić information content (AvgIpc) is 2.57. The lowest BCUT2D eigenvalue weighted by molar-refractivity contribution is -0.0512. The van der Waals surface area contributed by atoms with Crippen LogP contribution in [-0.2, 0) is 6.54 Å². The van der Waals surface area contributed by atoms with Gasteiger partial charge in [0.15, 0.2) is 11.5 Å². The molecule has 7 heteroatoms. The molecule has 0 bridgehead atoms. The lowest BCUT2D eigenvalue weighted by Crippen LogP contribution is -2.10. The van der Waals surface area contributed by atoms with Crippen LogP contribution >= 0.6 is 22.6 Å². The van der Waals surface area contributed by atoms with Crippen LogP contribution in [0.1, 0.15) is 16.7 Å². The second kappa shape index (κ2) is 7.81. The van der Waals surface area contributed by atoms with Crippen LogP contribution in [0.5, 0.6) is 11.5 Å². The summed E-state index contributed by atoms with van der Waals surface area (Å²) in [7, 11) is 0. The van der Waals surface area contributed by atoms with Crippen molar-refractivity contribution >= 4 is 34.4 Å². The molecule has 0 saturated heterocycles. The topological polar surface area (TPSA) is 53.8 Å². The monoisotopic (exact) mass is 456 g/mol. The van der Waals surface area contributed by atoms with Crippen molar-refractivity contribution in [1.82, 2.24) is 5.32 Å². The normalized spacial score (nSPS) is 14.6. The third-order valence-corrected chi connectivity index (χ3v) is 4.35. The van der Waals surface area contributed by atoms with Gasteiger partial charge in [-0.25, -0.2) is 0 Å². The summed E-state index contributed by atoms with van der Waals surface area (Å²) < 4.78 is 29.8. The summed E-state index contributed by atoms with van der Waals surface area (Å²) in [5.41, 5.74) is 4.03. The molecule has 2 aromatic rings. The fourth-order valence-electron chi connectivity index (χ4n) is 2.53. The molecule has 2 N–H and O–H groups in total. The smallest absolute Gasteiger partial charge is 0.387 e. The van der Waals surface area contributed by atoms with E-state index in [9.17, 15) is 13.9 Å². The first-order chi connectivity index (χ1) is 12.0. The van der Waals surface area contributed by atoms with E-state index in [0.29, 0.717) is 13.1 Å². The maximum absolute atomic E-state index is 12.2. The number of aliphatic imine (C=N–C) groups is 1. The number of benzene rings is 2. The van der Waals surface area contributed by atoms with Gasteiger partial charge < -0.3 is 15.2 Å². The Kier molecular flexibility index (Phi) is 5.52. The molecule has 130 valence electrons. The van der Waals surface area contributed by atoms with Gasteiger partial charge >= 0.3 is 6.61 Å². The maximum atomic E-state index is 12.2. The first-order valence-electron chi connectivity index (χ1n) is 7.52. The molecule has 1 heterocycles. The van der Waals surface area contributed by atoms with Gasteiger partial charge in [-0.3, -0.25) is 4.99 Å². The predicted octanol–water partition coefficient (Wildman–Crippen LogP) is 4.16. The molecule has 1 aliphatic rings. The van der Waals surface area contributed by atoms with Crippen molar-refractivity contribution in [3.8, 4) is 11.5 Å². The molecular formula is C18H15F2IN2O2. The quantitative estimate of drug-likeness (QED) is 0.665. The van der Waals surface area contributed by atoms with Crippen LogP contribution in [-0.4, -0.2) is 24.5 Å². The number of phenolic OH excluding ortho intramolecular Hbond substituents is 1. The van der Waals surface area contributed by atoms with Crippen LogP contribution in [0, 0.1) is 3.57 Å². The van der Waals surface area contributed by atoms with Crippen molar-refractivity contribution in [1.29, 1.82) is 0 Å². The summed E-state index contributed by atoms with van der Waals surface area (Å²) in [6.07, 6.45) is 3.76. The lowest BCUT2D eigenvalue weighted by atomic mass is 9.99. The standard InChI is InChI=1S/C18H15F2IN2O2/c19-18(20)25-17-4-1-11(5-16(17)24)7-22-9-13-10-23-8-12-2-3-14(21)6-15(12)13/h1-6,8-9,18,22,24H,7,10H2/b13-9+. The van der Waals surface area contributed by atoms with Gasteiger partial charge in [0, 0.05) is 22.5 Å². The van der Waals surface area contributed by atoms with Crippen molar-refractivity contribution in [3.63, 3.8) is 0 Å². The number of alkyl halides is 2. The van der Waals surface area contributed by atoms with E-state index in [0.717, 1.165) is 25.8 Å². The summed E-state index contributed by atoms with van der Waals surface area (Å²) in [5, 5.41) is 12.9. The fraction of sp³-hybridized carbons (Fsp3) is 0.167. The SMILES string of the molecule is Oc1cc(CN/C=C2\CN=Cc3ccc(I)cc32)ccc1OC(F)F. The van der Waals surface area contributed by atoms with E-state index in [4.69, 9.17) is 0 Å². The van der Waals surface area contributed by atoms with E-state index in [-0.39, 0.29) is 11.5 Å². The number of hydrogen-bond acceptors (Lipinski definition) is 4. The number of ether oxygens (including phenoxy) is 1. The molecule has 0 atom stereocenters. The molecule has 0 unspecified atom stereocenters. The maximum Gasteiger partial charge on any atom is 0.387 e. The summed E-state index contributed by atoms with van der Waals surface area (Å²) in [4.78, 5) is 4.35. The first-order valence-corrected chi connectivity index (χ1v) is 8.59. The molecule has 4 nitrogen and oxygen atoms in total. The number of halogens is 3. The zero-order valence-corrected chi connectivity index (χ0v) is 15.2. The predicted molar refractivity (Wildman–Crippen MR) is 101 cm³/mol. The summed E-state index contributed by atoms with van der Waals surface area (Å²) in [6, 6.07) is 10.5. The number of rotatable bonds is 5. The van der Waals surface area contributed by atoms with Gasteiger partial charge in [-0.15, -0.1) is 0 Å². The van der Waals surface area contributed by atoms with E-state index < -0.39 is 6.61 Å². The molecule has 0 aromatic heterocycles. The van der Waals surface area contributed by atoms with Crippen LogP contribution in [0.2, 0.25) is 0 Å². The van der Waals surface area contributed by atoms with Crippen LogP contribution in [0.3, 0.4) is 0 Å². The Labute approximate surface area is 157 Å². The summed E-state index contributed by atoms with van der Waals surface area (Å²) in [5.74, 6) is -0.545. The fourth-order valence-corrected chi connectivity index (χ4v) is 3.02. The molecule has 0 aliphatic carbocycles. The Bertz CT molecular complexity index is 838. The van der Waals surface area contributed by atoms with Crippen LogP contribution in [0.25, 0.3) is 5.57 Å². The number of nitrogens with zero attached hydrogens (tertiary/aromatic N) is 1. The molecule has 0 amide bonds. The zero-order valence-electron chi connectivity index (χ0n) is 13.0. The third-order valence-electron chi connectivity index (χ3n) is 3.68. The zero-order chi connectivity index (χ0) is 17.8. The highest BCUT2D eigenvalue weighted by molar-refractivity contribution is 14.1. The van der Waals surface area contributed by atoms with Gasteiger partial charge in [0.25, 0.3) is 0 Å². The molecule has 25 heavy (non-hydrogen) atoms. The molecule has 3 rings (SSSR count). The van der Waals surface area contributed by atoms with E-state index in [1.807, 2.05) is 24.5 Å². The van der Waals surface area contributed by atoms with Gasteiger partial charge in [0.05, 0.1) is 6.54 Å².